The van der Waals surface area contributed by atoms with Crippen molar-refractivity contribution in [3.63, 3.8) is 0 Å². The Labute approximate surface area is 122 Å². The van der Waals surface area contributed by atoms with E-state index in [9.17, 15) is 0 Å². The number of ether oxygens (including phenoxy) is 2. The molecule has 0 aliphatic carbocycles. The quantitative estimate of drug-likeness (QED) is 0.790. The molecule has 3 heteroatoms. The predicted molar refractivity (Wildman–Crippen MR) is 82.1 cm³/mol. The van der Waals surface area contributed by atoms with E-state index in [1.165, 1.54) is 18.4 Å². The molecule has 1 heterocycles. The molecule has 1 aromatic rings. The molecule has 1 saturated heterocycles. The van der Waals surface area contributed by atoms with Crippen LogP contribution in [0.3, 0.4) is 0 Å². The minimum absolute atomic E-state index is 0.403. The van der Waals surface area contributed by atoms with Crippen LogP contribution in [0.2, 0.25) is 0 Å². The van der Waals surface area contributed by atoms with Gasteiger partial charge in [0.25, 0.3) is 0 Å². The highest BCUT2D eigenvalue weighted by Gasteiger charge is 2.14. The van der Waals surface area contributed by atoms with Gasteiger partial charge in [-0.3, -0.25) is 0 Å². The fourth-order valence-electron chi connectivity index (χ4n) is 2.34. The van der Waals surface area contributed by atoms with E-state index in [4.69, 9.17) is 9.47 Å². The average molecular weight is 277 g/mol. The Morgan fingerprint density at radius 1 is 1.40 bits per heavy atom. The van der Waals surface area contributed by atoms with Gasteiger partial charge in [0.15, 0.2) is 0 Å². The molecule has 1 unspecified atom stereocenters. The summed E-state index contributed by atoms with van der Waals surface area (Å²) in [6.45, 7) is 7.97. The first-order valence-electron chi connectivity index (χ1n) is 7.78. The van der Waals surface area contributed by atoms with Crippen molar-refractivity contribution in [2.45, 2.75) is 45.8 Å². The summed E-state index contributed by atoms with van der Waals surface area (Å²) in [5, 5.41) is 3.46. The van der Waals surface area contributed by atoms with Crippen LogP contribution < -0.4 is 10.1 Å². The highest BCUT2D eigenvalue weighted by atomic mass is 16.5. The molecule has 0 saturated carbocycles. The van der Waals surface area contributed by atoms with Crippen molar-refractivity contribution < 1.29 is 9.47 Å². The fraction of sp³-hybridized carbons (Fsp3) is 0.647. The Balaban J connectivity index is 1.71. The maximum absolute atomic E-state index is 5.78. The van der Waals surface area contributed by atoms with Crippen LogP contribution in [0.4, 0.5) is 0 Å². The first kappa shape index (κ1) is 15.3. The van der Waals surface area contributed by atoms with Crippen LogP contribution in [-0.4, -0.2) is 25.9 Å². The molecule has 0 radical (unpaired) electrons. The van der Waals surface area contributed by atoms with Gasteiger partial charge in [-0.2, -0.15) is 0 Å². The van der Waals surface area contributed by atoms with E-state index in [1.54, 1.807) is 0 Å². The van der Waals surface area contributed by atoms with Gasteiger partial charge in [-0.05, 0) is 42.9 Å². The third-order valence-corrected chi connectivity index (χ3v) is 3.59. The Morgan fingerprint density at radius 3 is 3.05 bits per heavy atom. The largest absolute Gasteiger partial charge is 0.494 e. The molecule has 0 bridgehead atoms. The minimum Gasteiger partial charge on any atom is -0.494 e. The van der Waals surface area contributed by atoms with Gasteiger partial charge in [0, 0.05) is 19.7 Å². The van der Waals surface area contributed by atoms with Crippen molar-refractivity contribution in [2.24, 2.45) is 5.92 Å². The van der Waals surface area contributed by atoms with Crippen molar-refractivity contribution in [3.8, 4) is 5.75 Å². The minimum atomic E-state index is 0.403. The molecular formula is C17H27NO2. The van der Waals surface area contributed by atoms with Crippen molar-refractivity contribution in [2.75, 3.05) is 19.8 Å². The third-order valence-electron chi connectivity index (χ3n) is 3.59. The van der Waals surface area contributed by atoms with Gasteiger partial charge in [0.05, 0.1) is 12.7 Å². The summed E-state index contributed by atoms with van der Waals surface area (Å²) >= 11 is 0. The Kier molecular flexibility index (Phi) is 6.34. The summed E-state index contributed by atoms with van der Waals surface area (Å²) in [6, 6.07) is 8.36. The van der Waals surface area contributed by atoms with Gasteiger partial charge in [0.1, 0.15) is 5.75 Å². The zero-order chi connectivity index (χ0) is 14.2. The van der Waals surface area contributed by atoms with E-state index in [0.717, 1.165) is 38.5 Å². The van der Waals surface area contributed by atoms with Crippen LogP contribution in [-0.2, 0) is 11.3 Å². The van der Waals surface area contributed by atoms with Gasteiger partial charge < -0.3 is 14.8 Å². The summed E-state index contributed by atoms with van der Waals surface area (Å²) in [7, 11) is 0. The lowest BCUT2D eigenvalue weighted by Crippen LogP contribution is -2.25. The standard InChI is InChI=1S/C17H27NO2/c1-14(2)8-10-20-16-6-3-5-15(11-16)12-18-13-17-7-4-9-19-17/h3,5-6,11,14,17-18H,4,7-10,12-13H2,1-2H3. The van der Waals surface area contributed by atoms with Crippen molar-refractivity contribution in [3.05, 3.63) is 29.8 Å². The first-order valence-corrected chi connectivity index (χ1v) is 7.78. The molecule has 112 valence electrons. The van der Waals surface area contributed by atoms with Crippen molar-refractivity contribution in [1.29, 1.82) is 0 Å². The molecule has 1 aliphatic rings. The van der Waals surface area contributed by atoms with E-state index in [0.29, 0.717) is 12.0 Å². The second-order valence-corrected chi connectivity index (χ2v) is 5.94. The molecule has 1 N–H and O–H groups in total. The van der Waals surface area contributed by atoms with Crippen molar-refractivity contribution >= 4 is 0 Å². The predicted octanol–water partition coefficient (Wildman–Crippen LogP) is 3.38. The lowest BCUT2D eigenvalue weighted by atomic mass is 10.1. The zero-order valence-corrected chi connectivity index (χ0v) is 12.7. The van der Waals surface area contributed by atoms with Crippen molar-refractivity contribution in [1.82, 2.24) is 5.32 Å². The number of benzene rings is 1. The van der Waals surface area contributed by atoms with E-state index in [2.05, 4.69) is 37.4 Å². The molecule has 20 heavy (non-hydrogen) atoms. The van der Waals surface area contributed by atoms with E-state index in [-0.39, 0.29) is 0 Å². The molecule has 2 rings (SSSR count). The summed E-state index contributed by atoms with van der Waals surface area (Å²) in [4.78, 5) is 0. The van der Waals surface area contributed by atoms with E-state index in [1.807, 2.05) is 6.07 Å². The smallest absolute Gasteiger partial charge is 0.119 e. The molecule has 0 spiro atoms. The highest BCUT2D eigenvalue weighted by molar-refractivity contribution is 5.28. The second-order valence-electron chi connectivity index (χ2n) is 5.94. The van der Waals surface area contributed by atoms with E-state index >= 15 is 0 Å². The second kappa shape index (κ2) is 8.28. The van der Waals surface area contributed by atoms with Crippen LogP contribution in [0.1, 0.15) is 38.7 Å². The van der Waals surface area contributed by atoms with Crippen LogP contribution in [0.5, 0.6) is 5.75 Å². The van der Waals surface area contributed by atoms with Gasteiger partial charge in [-0.15, -0.1) is 0 Å². The van der Waals surface area contributed by atoms with Crippen LogP contribution in [0, 0.1) is 5.92 Å². The Morgan fingerprint density at radius 2 is 2.30 bits per heavy atom. The Bertz CT molecular complexity index is 386. The Hall–Kier alpha value is -1.06. The number of rotatable bonds is 8. The van der Waals surface area contributed by atoms with E-state index < -0.39 is 0 Å². The molecule has 1 fully saturated rings. The van der Waals surface area contributed by atoms with Gasteiger partial charge in [-0.1, -0.05) is 26.0 Å². The first-order chi connectivity index (χ1) is 9.74. The lowest BCUT2D eigenvalue weighted by Gasteiger charge is -2.12. The highest BCUT2D eigenvalue weighted by Crippen LogP contribution is 2.15. The number of hydrogen-bond donors (Lipinski definition) is 1. The molecule has 1 aromatic carbocycles. The maximum Gasteiger partial charge on any atom is 0.119 e. The van der Waals surface area contributed by atoms with Gasteiger partial charge in [-0.25, -0.2) is 0 Å². The fourth-order valence-corrected chi connectivity index (χ4v) is 2.34. The molecule has 0 amide bonds. The molecular weight excluding hydrogens is 250 g/mol. The normalized spacial score (nSPS) is 18.6. The third kappa shape index (κ3) is 5.51. The topological polar surface area (TPSA) is 30.5 Å². The number of hydrogen-bond acceptors (Lipinski definition) is 3. The maximum atomic E-state index is 5.78. The SMILES string of the molecule is CC(C)CCOc1cccc(CNCC2CCCO2)c1. The summed E-state index contributed by atoms with van der Waals surface area (Å²) in [6.07, 6.45) is 3.89. The van der Waals surface area contributed by atoms with Crippen LogP contribution in [0.15, 0.2) is 24.3 Å². The summed E-state index contributed by atoms with van der Waals surface area (Å²) in [5.74, 6) is 1.66. The summed E-state index contributed by atoms with van der Waals surface area (Å²) < 4.78 is 11.4. The molecule has 1 atom stereocenters. The molecule has 0 aromatic heterocycles. The summed E-state index contributed by atoms with van der Waals surface area (Å²) in [5.41, 5.74) is 1.27. The van der Waals surface area contributed by atoms with Gasteiger partial charge >= 0.3 is 0 Å². The monoisotopic (exact) mass is 277 g/mol. The number of nitrogens with one attached hydrogen (secondary N) is 1. The average Bonchev–Trinajstić information content (AvgIpc) is 2.92. The van der Waals surface area contributed by atoms with Crippen LogP contribution in [0.25, 0.3) is 0 Å². The van der Waals surface area contributed by atoms with Crippen LogP contribution >= 0.6 is 0 Å². The lowest BCUT2D eigenvalue weighted by molar-refractivity contribution is 0.110. The van der Waals surface area contributed by atoms with Gasteiger partial charge in [0.2, 0.25) is 0 Å². The molecule has 1 aliphatic heterocycles. The molecule has 3 nitrogen and oxygen atoms in total. The zero-order valence-electron chi connectivity index (χ0n) is 12.7.